The molecular formula is C17H24FNO2S. The molecule has 0 aromatic heterocycles. The summed E-state index contributed by atoms with van der Waals surface area (Å²) in [5, 5.41) is 3.49. The van der Waals surface area contributed by atoms with Gasteiger partial charge in [0.2, 0.25) is 5.91 Å². The average Bonchev–Trinajstić information content (AvgIpc) is 3.04. The smallest absolute Gasteiger partial charge is 0.230 e. The average molecular weight is 325 g/mol. The van der Waals surface area contributed by atoms with Crippen molar-refractivity contribution >= 4 is 17.7 Å². The second kappa shape index (κ2) is 7.97. The molecule has 5 heteroatoms. The molecule has 3 nitrogen and oxygen atoms in total. The number of hydrogen-bond donors (Lipinski definition) is 1. The van der Waals surface area contributed by atoms with Crippen LogP contribution in [0.15, 0.2) is 24.3 Å². The molecule has 0 spiro atoms. The molecule has 0 bridgehead atoms. The Morgan fingerprint density at radius 1 is 1.41 bits per heavy atom. The Labute approximate surface area is 136 Å². The van der Waals surface area contributed by atoms with E-state index in [-0.39, 0.29) is 18.3 Å². The van der Waals surface area contributed by atoms with Crippen molar-refractivity contribution in [2.75, 3.05) is 19.4 Å². The monoisotopic (exact) mass is 325 g/mol. The number of hydrogen-bond acceptors (Lipinski definition) is 3. The maximum atomic E-state index is 14.0. The first-order valence-corrected chi connectivity index (χ1v) is 8.78. The minimum Gasteiger partial charge on any atom is -0.372 e. The quantitative estimate of drug-likeness (QED) is 0.834. The number of rotatable bonds is 7. The van der Waals surface area contributed by atoms with Crippen LogP contribution in [0.4, 0.5) is 4.39 Å². The maximum absolute atomic E-state index is 14.0. The number of carbonyl (C=O) groups is 1. The van der Waals surface area contributed by atoms with Gasteiger partial charge in [0, 0.05) is 17.9 Å². The van der Waals surface area contributed by atoms with Crippen LogP contribution >= 0.6 is 11.8 Å². The van der Waals surface area contributed by atoms with Crippen LogP contribution in [0.3, 0.4) is 0 Å². The second-order valence-electron chi connectivity index (χ2n) is 5.91. The fourth-order valence-corrected chi connectivity index (χ4v) is 3.89. The summed E-state index contributed by atoms with van der Waals surface area (Å²) in [5.74, 6) is 0.125. The minimum atomic E-state index is -0.862. The lowest BCUT2D eigenvalue weighted by Crippen LogP contribution is -2.41. The van der Waals surface area contributed by atoms with E-state index in [1.165, 1.54) is 38.9 Å². The highest BCUT2D eigenvalue weighted by molar-refractivity contribution is 8.00. The molecule has 1 N–H and O–H groups in total. The Morgan fingerprint density at radius 2 is 2.09 bits per heavy atom. The van der Waals surface area contributed by atoms with E-state index in [1.54, 1.807) is 36.9 Å². The maximum Gasteiger partial charge on any atom is 0.230 e. The van der Waals surface area contributed by atoms with Crippen molar-refractivity contribution in [1.29, 1.82) is 0 Å². The van der Waals surface area contributed by atoms with Gasteiger partial charge in [-0.05, 0) is 25.8 Å². The normalized spacial score (nSPS) is 18.1. The summed E-state index contributed by atoms with van der Waals surface area (Å²) in [6.45, 7) is 2.05. The Hall–Kier alpha value is -1.07. The first-order chi connectivity index (χ1) is 10.5. The van der Waals surface area contributed by atoms with Crippen LogP contribution in [0.2, 0.25) is 0 Å². The summed E-state index contributed by atoms with van der Waals surface area (Å²) in [5.41, 5.74) is -0.403. The number of nitrogens with one attached hydrogen (secondary N) is 1. The zero-order valence-corrected chi connectivity index (χ0v) is 14.0. The Bertz CT molecular complexity index is 505. The van der Waals surface area contributed by atoms with E-state index in [2.05, 4.69) is 5.32 Å². The van der Waals surface area contributed by atoms with E-state index >= 15 is 0 Å². The SMILES string of the molecule is COC(C)(CNC(=O)CSC1CCCC1)c1ccccc1F. The van der Waals surface area contributed by atoms with Crippen molar-refractivity contribution in [3.8, 4) is 0 Å². The first kappa shape index (κ1) is 17.3. The first-order valence-electron chi connectivity index (χ1n) is 7.73. The number of benzene rings is 1. The summed E-state index contributed by atoms with van der Waals surface area (Å²) in [4.78, 5) is 12.0. The van der Waals surface area contributed by atoms with Gasteiger partial charge in [-0.1, -0.05) is 31.0 Å². The van der Waals surface area contributed by atoms with Crippen LogP contribution in [0, 0.1) is 5.82 Å². The van der Waals surface area contributed by atoms with E-state index in [1.807, 2.05) is 0 Å². The summed E-state index contributed by atoms with van der Waals surface area (Å²) >= 11 is 1.72. The highest BCUT2D eigenvalue weighted by Gasteiger charge is 2.29. The molecule has 2 rings (SSSR count). The van der Waals surface area contributed by atoms with Crippen LogP contribution in [-0.4, -0.2) is 30.6 Å². The lowest BCUT2D eigenvalue weighted by molar-refractivity contribution is -0.120. The largest absolute Gasteiger partial charge is 0.372 e. The van der Waals surface area contributed by atoms with Crippen LogP contribution in [-0.2, 0) is 15.1 Å². The molecular weight excluding hydrogens is 301 g/mol. The number of amides is 1. The van der Waals surface area contributed by atoms with Crippen molar-refractivity contribution < 1.29 is 13.9 Å². The molecule has 1 atom stereocenters. The van der Waals surface area contributed by atoms with E-state index in [0.29, 0.717) is 16.6 Å². The van der Waals surface area contributed by atoms with Crippen molar-refractivity contribution in [1.82, 2.24) is 5.32 Å². The van der Waals surface area contributed by atoms with Crippen LogP contribution < -0.4 is 5.32 Å². The summed E-state index contributed by atoms with van der Waals surface area (Å²) in [6, 6.07) is 6.52. The standard InChI is InChI=1S/C17H24FNO2S/c1-17(21-2,14-9-5-6-10-15(14)18)12-19-16(20)11-22-13-7-3-4-8-13/h5-6,9-10,13H,3-4,7-8,11-12H2,1-2H3,(H,19,20). The lowest BCUT2D eigenvalue weighted by Gasteiger charge is -2.29. The van der Waals surface area contributed by atoms with E-state index in [0.717, 1.165) is 0 Å². The highest BCUT2D eigenvalue weighted by Crippen LogP contribution is 2.29. The van der Waals surface area contributed by atoms with Gasteiger partial charge in [-0.3, -0.25) is 4.79 Å². The van der Waals surface area contributed by atoms with Crippen molar-refractivity contribution in [2.24, 2.45) is 0 Å². The van der Waals surface area contributed by atoms with Gasteiger partial charge in [0.05, 0.1) is 12.3 Å². The minimum absolute atomic E-state index is 0.0171. The number of thioether (sulfide) groups is 1. The zero-order chi connectivity index (χ0) is 16.0. The second-order valence-corrected chi connectivity index (χ2v) is 7.20. The van der Waals surface area contributed by atoms with Crippen LogP contribution in [0.25, 0.3) is 0 Å². The van der Waals surface area contributed by atoms with Gasteiger partial charge in [0.25, 0.3) is 0 Å². The molecule has 0 heterocycles. The lowest BCUT2D eigenvalue weighted by atomic mass is 9.95. The van der Waals surface area contributed by atoms with Crippen LogP contribution in [0.1, 0.15) is 38.2 Å². The third kappa shape index (κ3) is 4.46. The molecule has 0 aliphatic heterocycles. The molecule has 0 saturated heterocycles. The van der Waals surface area contributed by atoms with Gasteiger partial charge in [-0.25, -0.2) is 4.39 Å². The summed E-state index contributed by atoms with van der Waals surface area (Å²) < 4.78 is 19.4. The fourth-order valence-electron chi connectivity index (χ4n) is 2.73. The molecule has 22 heavy (non-hydrogen) atoms. The molecule has 1 aromatic carbocycles. The number of carbonyl (C=O) groups excluding carboxylic acids is 1. The van der Waals surface area contributed by atoms with Crippen molar-refractivity contribution in [3.63, 3.8) is 0 Å². The fraction of sp³-hybridized carbons (Fsp3) is 0.588. The van der Waals surface area contributed by atoms with Crippen molar-refractivity contribution in [2.45, 2.75) is 43.5 Å². The predicted octanol–water partition coefficient (Wildman–Crippen LogP) is 3.48. The Morgan fingerprint density at radius 3 is 2.73 bits per heavy atom. The molecule has 122 valence electrons. The van der Waals surface area contributed by atoms with E-state index in [4.69, 9.17) is 4.74 Å². The zero-order valence-electron chi connectivity index (χ0n) is 13.2. The predicted molar refractivity (Wildman–Crippen MR) is 88.5 cm³/mol. The Balaban J connectivity index is 1.87. The highest BCUT2D eigenvalue weighted by atomic mass is 32.2. The van der Waals surface area contributed by atoms with Gasteiger partial charge in [0.15, 0.2) is 0 Å². The van der Waals surface area contributed by atoms with Crippen LogP contribution in [0.5, 0.6) is 0 Å². The molecule has 1 amide bonds. The van der Waals surface area contributed by atoms with Gasteiger partial charge >= 0.3 is 0 Å². The third-order valence-corrected chi connectivity index (χ3v) is 5.64. The van der Waals surface area contributed by atoms with E-state index < -0.39 is 5.60 Å². The summed E-state index contributed by atoms with van der Waals surface area (Å²) in [6.07, 6.45) is 4.97. The Kier molecular flexibility index (Phi) is 6.26. The van der Waals surface area contributed by atoms with Gasteiger partial charge in [-0.15, -0.1) is 11.8 Å². The molecule has 1 fully saturated rings. The molecule has 1 saturated carbocycles. The molecule has 1 unspecified atom stereocenters. The van der Waals surface area contributed by atoms with E-state index in [9.17, 15) is 9.18 Å². The summed E-state index contributed by atoms with van der Waals surface area (Å²) in [7, 11) is 1.53. The number of halogens is 1. The number of methoxy groups -OCH3 is 1. The topological polar surface area (TPSA) is 38.3 Å². The van der Waals surface area contributed by atoms with Gasteiger partial charge in [0.1, 0.15) is 11.4 Å². The molecule has 1 aliphatic rings. The molecule has 1 aromatic rings. The number of ether oxygens (including phenoxy) is 1. The molecule has 0 radical (unpaired) electrons. The molecule has 1 aliphatic carbocycles. The van der Waals surface area contributed by atoms with Gasteiger partial charge in [-0.2, -0.15) is 0 Å². The van der Waals surface area contributed by atoms with Crippen molar-refractivity contribution in [3.05, 3.63) is 35.6 Å². The van der Waals surface area contributed by atoms with Gasteiger partial charge < -0.3 is 10.1 Å². The third-order valence-electron chi connectivity index (χ3n) is 4.27.